The van der Waals surface area contributed by atoms with Crippen LogP contribution in [0.3, 0.4) is 0 Å². The first-order valence-corrected chi connectivity index (χ1v) is 4.75. The molecule has 0 bridgehead atoms. The van der Waals surface area contributed by atoms with Crippen LogP contribution in [-0.2, 0) is 9.53 Å². The van der Waals surface area contributed by atoms with Gasteiger partial charge in [-0.1, -0.05) is 0 Å². The van der Waals surface area contributed by atoms with Crippen molar-refractivity contribution in [2.45, 2.75) is 12.5 Å². The molecule has 0 amide bonds. The van der Waals surface area contributed by atoms with Crippen molar-refractivity contribution in [3.05, 3.63) is 33.9 Å². The number of benzene rings is 1. The average Bonchev–Trinajstić information content (AvgIpc) is 2.28. The van der Waals surface area contributed by atoms with Crippen LogP contribution < -0.4 is 5.73 Å². The number of esters is 1. The summed E-state index contributed by atoms with van der Waals surface area (Å²) in [6.07, 6.45) is -0.161. The number of carbonyl (C=O) groups is 1. The van der Waals surface area contributed by atoms with Gasteiger partial charge in [0.1, 0.15) is 5.75 Å². The van der Waals surface area contributed by atoms with E-state index in [0.717, 1.165) is 12.1 Å². The number of phenolic OH excluding ortho intramolecular Hbond substituents is 1. The van der Waals surface area contributed by atoms with Gasteiger partial charge in [-0.05, 0) is 6.07 Å². The highest BCUT2D eigenvalue weighted by Gasteiger charge is 2.18. The number of halogens is 1. The summed E-state index contributed by atoms with van der Waals surface area (Å²) < 4.78 is 4.43. The number of ether oxygens (including phenoxy) is 1. The van der Waals surface area contributed by atoms with E-state index in [1.54, 1.807) is 0 Å². The minimum Gasteiger partial charge on any atom is -0.508 e. The molecule has 1 rings (SSSR count). The number of hydrogen-bond donors (Lipinski definition) is 2. The number of methoxy groups -OCH3 is 1. The lowest BCUT2D eigenvalue weighted by molar-refractivity contribution is -0.385. The van der Waals surface area contributed by atoms with Crippen molar-refractivity contribution >= 4 is 24.1 Å². The van der Waals surface area contributed by atoms with Gasteiger partial charge >= 0.3 is 5.97 Å². The Morgan fingerprint density at radius 3 is 2.72 bits per heavy atom. The number of carbonyl (C=O) groups excluding carboxylic acids is 1. The molecule has 1 aromatic rings. The van der Waals surface area contributed by atoms with Gasteiger partial charge in [-0.3, -0.25) is 14.9 Å². The lowest BCUT2D eigenvalue weighted by Gasteiger charge is -2.11. The number of nitro groups is 1. The van der Waals surface area contributed by atoms with Crippen molar-refractivity contribution in [2.24, 2.45) is 5.73 Å². The number of non-ortho nitro benzene ring substituents is 1. The van der Waals surface area contributed by atoms with Crippen LogP contribution in [0.4, 0.5) is 5.69 Å². The molecular formula is C10H13ClN2O5. The third kappa shape index (κ3) is 3.86. The minimum atomic E-state index is -0.845. The van der Waals surface area contributed by atoms with Crippen LogP contribution in [0, 0.1) is 10.1 Å². The van der Waals surface area contributed by atoms with Gasteiger partial charge in [0.25, 0.3) is 5.69 Å². The SMILES string of the molecule is COC(=O)C[C@H](N)c1cc([N+](=O)[O-])ccc1O.Cl. The molecule has 1 atom stereocenters. The second kappa shape index (κ2) is 6.77. The molecule has 3 N–H and O–H groups in total. The van der Waals surface area contributed by atoms with E-state index in [0.29, 0.717) is 0 Å². The van der Waals surface area contributed by atoms with E-state index in [-0.39, 0.29) is 35.8 Å². The predicted molar refractivity (Wildman–Crippen MR) is 65.6 cm³/mol. The lowest BCUT2D eigenvalue weighted by atomic mass is 10.0. The van der Waals surface area contributed by atoms with Gasteiger partial charge in [0.2, 0.25) is 0 Å². The summed E-state index contributed by atoms with van der Waals surface area (Å²) in [6.45, 7) is 0. The largest absolute Gasteiger partial charge is 0.508 e. The molecule has 1 aromatic carbocycles. The Morgan fingerprint density at radius 1 is 1.61 bits per heavy atom. The Labute approximate surface area is 109 Å². The van der Waals surface area contributed by atoms with E-state index in [2.05, 4.69) is 4.74 Å². The lowest BCUT2D eigenvalue weighted by Crippen LogP contribution is -2.16. The standard InChI is InChI=1S/C10H12N2O5.ClH/c1-17-10(14)5-8(11)7-4-6(12(15)16)2-3-9(7)13;/h2-4,8,13H,5,11H2,1H3;1H/t8-;/m0./s1. The summed E-state index contributed by atoms with van der Waals surface area (Å²) in [7, 11) is 1.21. The fraction of sp³-hybridized carbons (Fsp3) is 0.300. The summed E-state index contributed by atoms with van der Waals surface area (Å²) >= 11 is 0. The smallest absolute Gasteiger partial charge is 0.307 e. The van der Waals surface area contributed by atoms with E-state index in [9.17, 15) is 20.0 Å². The van der Waals surface area contributed by atoms with Crippen LogP contribution in [0.15, 0.2) is 18.2 Å². The first-order chi connectivity index (χ1) is 7.95. The number of nitrogens with two attached hydrogens (primary N) is 1. The minimum absolute atomic E-state index is 0. The van der Waals surface area contributed by atoms with E-state index >= 15 is 0 Å². The van der Waals surface area contributed by atoms with Crippen LogP contribution in [0.25, 0.3) is 0 Å². The van der Waals surface area contributed by atoms with E-state index in [4.69, 9.17) is 5.73 Å². The van der Waals surface area contributed by atoms with Gasteiger partial charge in [0.05, 0.1) is 18.5 Å². The maximum atomic E-state index is 11.0. The Kier molecular flexibility index (Phi) is 6.07. The van der Waals surface area contributed by atoms with Crippen LogP contribution in [0.2, 0.25) is 0 Å². The average molecular weight is 277 g/mol. The molecule has 0 spiro atoms. The number of nitrogens with zero attached hydrogens (tertiary/aromatic N) is 1. The van der Waals surface area contributed by atoms with Crippen molar-refractivity contribution in [1.82, 2.24) is 0 Å². The van der Waals surface area contributed by atoms with Crippen LogP contribution in [-0.4, -0.2) is 23.1 Å². The monoisotopic (exact) mass is 276 g/mol. The van der Waals surface area contributed by atoms with E-state index < -0.39 is 16.9 Å². The molecule has 0 radical (unpaired) electrons. The molecule has 0 saturated carbocycles. The number of phenols is 1. The summed E-state index contributed by atoms with van der Waals surface area (Å²) in [4.78, 5) is 21.0. The second-order valence-corrected chi connectivity index (χ2v) is 3.39. The van der Waals surface area contributed by atoms with Crippen molar-refractivity contribution in [3.8, 4) is 5.75 Å². The highest BCUT2D eigenvalue weighted by atomic mass is 35.5. The molecule has 8 heteroatoms. The Morgan fingerprint density at radius 2 is 2.22 bits per heavy atom. The third-order valence-corrected chi connectivity index (χ3v) is 2.24. The van der Waals surface area contributed by atoms with E-state index in [1.807, 2.05) is 0 Å². The molecule has 7 nitrogen and oxygen atoms in total. The topological polar surface area (TPSA) is 116 Å². The summed E-state index contributed by atoms with van der Waals surface area (Å²) in [5.41, 5.74) is 5.60. The first-order valence-electron chi connectivity index (χ1n) is 4.75. The van der Waals surface area contributed by atoms with Crippen LogP contribution in [0.1, 0.15) is 18.0 Å². The zero-order valence-corrected chi connectivity index (χ0v) is 10.3. The zero-order chi connectivity index (χ0) is 13.0. The molecule has 0 aliphatic heterocycles. The first kappa shape index (κ1) is 16.1. The van der Waals surface area contributed by atoms with Crippen molar-refractivity contribution in [1.29, 1.82) is 0 Å². The predicted octanol–water partition coefficient (Wildman–Crippen LogP) is 1.29. The van der Waals surface area contributed by atoms with Gasteiger partial charge in [-0.15, -0.1) is 12.4 Å². The third-order valence-electron chi connectivity index (χ3n) is 2.24. The van der Waals surface area contributed by atoms with Gasteiger partial charge in [-0.2, -0.15) is 0 Å². The Bertz CT molecular complexity index is 452. The molecule has 0 unspecified atom stereocenters. The van der Waals surface area contributed by atoms with Crippen molar-refractivity contribution in [3.63, 3.8) is 0 Å². The highest BCUT2D eigenvalue weighted by Crippen LogP contribution is 2.28. The van der Waals surface area contributed by atoms with Gasteiger partial charge in [0, 0.05) is 23.7 Å². The summed E-state index contributed by atoms with van der Waals surface area (Å²) in [5.74, 6) is -0.740. The fourth-order valence-electron chi connectivity index (χ4n) is 1.33. The fourth-order valence-corrected chi connectivity index (χ4v) is 1.33. The maximum absolute atomic E-state index is 11.0. The molecule has 0 heterocycles. The highest BCUT2D eigenvalue weighted by molar-refractivity contribution is 5.85. The molecule has 0 aliphatic rings. The van der Waals surface area contributed by atoms with Crippen molar-refractivity contribution < 1.29 is 19.6 Å². The molecule has 18 heavy (non-hydrogen) atoms. The molecular weight excluding hydrogens is 264 g/mol. The maximum Gasteiger partial charge on any atom is 0.307 e. The molecule has 100 valence electrons. The quantitative estimate of drug-likeness (QED) is 0.486. The molecule has 0 aliphatic carbocycles. The van der Waals surface area contributed by atoms with Crippen molar-refractivity contribution in [2.75, 3.05) is 7.11 Å². The summed E-state index contributed by atoms with van der Waals surface area (Å²) in [5, 5.41) is 20.1. The zero-order valence-electron chi connectivity index (χ0n) is 9.53. The molecule has 0 aromatic heterocycles. The van der Waals surface area contributed by atoms with Gasteiger partial charge < -0.3 is 15.6 Å². The van der Waals surface area contributed by atoms with E-state index in [1.165, 1.54) is 13.2 Å². The van der Waals surface area contributed by atoms with Crippen LogP contribution in [0.5, 0.6) is 5.75 Å². The Hall–Kier alpha value is -1.86. The number of rotatable bonds is 4. The number of hydrogen-bond acceptors (Lipinski definition) is 6. The number of nitro benzene ring substituents is 1. The second-order valence-electron chi connectivity index (χ2n) is 3.39. The van der Waals surface area contributed by atoms with Gasteiger partial charge in [0.15, 0.2) is 0 Å². The summed E-state index contributed by atoms with van der Waals surface area (Å²) in [6, 6.07) is 2.62. The van der Waals surface area contributed by atoms with Crippen LogP contribution >= 0.6 is 12.4 Å². The number of aromatic hydroxyl groups is 1. The Balaban J connectivity index is 0.00000289. The molecule has 0 saturated heterocycles. The van der Waals surface area contributed by atoms with Gasteiger partial charge in [-0.25, -0.2) is 0 Å². The molecule has 0 fully saturated rings. The normalized spacial score (nSPS) is 11.2.